The molecule has 0 aliphatic carbocycles. The highest BCUT2D eigenvalue weighted by molar-refractivity contribution is 7.80. The average molecular weight is 421 g/mol. The number of hydrogen-bond acceptors (Lipinski definition) is 4. The summed E-state index contributed by atoms with van der Waals surface area (Å²) in [5.41, 5.74) is 1.67. The molecule has 3 rings (SSSR count). The molecule has 146 valence electrons. The smallest absolute Gasteiger partial charge is 0.276 e. The number of ether oxygens (including phenoxy) is 2. The van der Waals surface area contributed by atoms with Crippen molar-refractivity contribution in [1.82, 2.24) is 10.2 Å². The maximum Gasteiger partial charge on any atom is 0.276 e. The molecule has 0 saturated carbocycles. The van der Waals surface area contributed by atoms with Crippen molar-refractivity contribution in [1.29, 1.82) is 0 Å². The van der Waals surface area contributed by atoms with Crippen LogP contribution in [0, 0.1) is 5.82 Å². The van der Waals surface area contributed by atoms with Crippen LogP contribution in [0.1, 0.15) is 18.1 Å². The fraction of sp³-hybridized carbons (Fsp3) is 0.200. The minimum atomic E-state index is -0.339. The van der Waals surface area contributed by atoms with Crippen molar-refractivity contribution < 1.29 is 18.7 Å². The van der Waals surface area contributed by atoms with Crippen LogP contribution in [-0.4, -0.2) is 29.6 Å². The Kier molecular flexibility index (Phi) is 6.16. The molecule has 0 unspecified atom stereocenters. The van der Waals surface area contributed by atoms with Crippen molar-refractivity contribution in [2.75, 3.05) is 13.7 Å². The number of amides is 1. The van der Waals surface area contributed by atoms with E-state index in [4.69, 9.17) is 33.3 Å². The lowest BCUT2D eigenvalue weighted by Gasteiger charge is -2.13. The molecule has 1 saturated heterocycles. The molecule has 0 bridgehead atoms. The van der Waals surface area contributed by atoms with Gasteiger partial charge >= 0.3 is 0 Å². The third-order valence-corrected chi connectivity index (χ3v) is 4.72. The predicted octanol–water partition coefficient (Wildman–Crippen LogP) is 4.14. The van der Waals surface area contributed by atoms with Crippen molar-refractivity contribution in [2.45, 2.75) is 13.5 Å². The Morgan fingerprint density at radius 3 is 2.75 bits per heavy atom. The van der Waals surface area contributed by atoms with Crippen LogP contribution in [0.25, 0.3) is 6.08 Å². The number of carbonyl (C=O) groups excluding carboxylic acids is 1. The number of rotatable bonds is 6. The van der Waals surface area contributed by atoms with Crippen molar-refractivity contribution >= 4 is 40.9 Å². The van der Waals surface area contributed by atoms with Gasteiger partial charge < -0.3 is 14.8 Å². The highest BCUT2D eigenvalue weighted by Gasteiger charge is 2.29. The van der Waals surface area contributed by atoms with Gasteiger partial charge in [0.15, 0.2) is 16.6 Å². The van der Waals surface area contributed by atoms with Crippen LogP contribution >= 0.6 is 23.8 Å². The third kappa shape index (κ3) is 4.26. The SMILES string of the molecule is CCN1C(=O)C(=Cc2cc(Cl)c(OCc3cccc(F)c3)c(OC)c2)NC1=S. The molecule has 0 radical (unpaired) electrons. The van der Waals surface area contributed by atoms with Gasteiger partial charge in [-0.15, -0.1) is 0 Å². The highest BCUT2D eigenvalue weighted by Crippen LogP contribution is 2.37. The zero-order chi connectivity index (χ0) is 20.3. The van der Waals surface area contributed by atoms with E-state index in [1.54, 1.807) is 30.3 Å². The van der Waals surface area contributed by atoms with E-state index in [-0.39, 0.29) is 18.3 Å². The van der Waals surface area contributed by atoms with Crippen LogP contribution in [0.4, 0.5) is 4.39 Å². The van der Waals surface area contributed by atoms with Gasteiger partial charge in [0.05, 0.1) is 12.1 Å². The topological polar surface area (TPSA) is 50.8 Å². The minimum absolute atomic E-state index is 0.133. The fourth-order valence-corrected chi connectivity index (χ4v) is 3.37. The molecule has 0 aromatic heterocycles. The zero-order valence-corrected chi connectivity index (χ0v) is 16.9. The number of nitrogens with one attached hydrogen (secondary N) is 1. The van der Waals surface area contributed by atoms with E-state index in [0.29, 0.717) is 45.0 Å². The summed E-state index contributed by atoms with van der Waals surface area (Å²) < 4.78 is 24.4. The molecule has 28 heavy (non-hydrogen) atoms. The van der Waals surface area contributed by atoms with Crippen molar-refractivity contribution in [3.05, 3.63) is 64.1 Å². The summed E-state index contributed by atoms with van der Waals surface area (Å²) in [7, 11) is 1.49. The second kappa shape index (κ2) is 8.58. The molecule has 0 spiro atoms. The summed E-state index contributed by atoms with van der Waals surface area (Å²) in [6.45, 7) is 2.46. The number of thiocarbonyl (C=S) groups is 1. The van der Waals surface area contributed by atoms with Crippen LogP contribution < -0.4 is 14.8 Å². The van der Waals surface area contributed by atoms with Gasteiger partial charge in [-0.25, -0.2) is 4.39 Å². The molecule has 1 aliphatic heterocycles. The number of methoxy groups -OCH3 is 1. The van der Waals surface area contributed by atoms with Gasteiger partial charge in [-0.2, -0.15) is 0 Å². The summed E-state index contributed by atoms with van der Waals surface area (Å²) in [5, 5.41) is 3.57. The molecule has 1 aliphatic rings. The highest BCUT2D eigenvalue weighted by atomic mass is 35.5. The first-order chi connectivity index (χ1) is 13.4. The lowest BCUT2D eigenvalue weighted by Crippen LogP contribution is -2.30. The summed E-state index contributed by atoms with van der Waals surface area (Å²) >= 11 is 11.5. The lowest BCUT2D eigenvalue weighted by molar-refractivity contribution is -0.122. The number of likely N-dealkylation sites (N-methyl/N-ethyl adjacent to an activating group) is 1. The Bertz CT molecular complexity index is 964. The van der Waals surface area contributed by atoms with E-state index in [9.17, 15) is 9.18 Å². The molecule has 1 N–H and O–H groups in total. The number of halogens is 2. The van der Waals surface area contributed by atoms with Crippen LogP contribution in [-0.2, 0) is 11.4 Å². The van der Waals surface area contributed by atoms with Crippen LogP contribution in [0.3, 0.4) is 0 Å². The van der Waals surface area contributed by atoms with Crippen LogP contribution in [0.15, 0.2) is 42.1 Å². The number of nitrogens with zero attached hydrogens (tertiary/aromatic N) is 1. The van der Waals surface area contributed by atoms with Crippen molar-refractivity contribution in [3.8, 4) is 11.5 Å². The molecule has 1 fully saturated rings. The van der Waals surface area contributed by atoms with Gasteiger partial charge in [-0.1, -0.05) is 23.7 Å². The number of hydrogen-bond donors (Lipinski definition) is 1. The largest absolute Gasteiger partial charge is 0.493 e. The van der Waals surface area contributed by atoms with Crippen LogP contribution in [0.5, 0.6) is 11.5 Å². The maximum atomic E-state index is 13.3. The van der Waals surface area contributed by atoms with Gasteiger partial charge in [0.25, 0.3) is 5.91 Å². The van der Waals surface area contributed by atoms with Crippen molar-refractivity contribution in [2.24, 2.45) is 0 Å². The van der Waals surface area contributed by atoms with E-state index in [0.717, 1.165) is 0 Å². The first kappa shape index (κ1) is 20.1. The van der Waals surface area contributed by atoms with E-state index >= 15 is 0 Å². The zero-order valence-electron chi connectivity index (χ0n) is 15.3. The summed E-state index contributed by atoms with van der Waals surface area (Å²) in [5.74, 6) is 0.200. The van der Waals surface area contributed by atoms with Crippen LogP contribution in [0.2, 0.25) is 5.02 Å². The maximum absolute atomic E-state index is 13.3. The third-order valence-electron chi connectivity index (χ3n) is 4.11. The lowest BCUT2D eigenvalue weighted by atomic mass is 10.1. The molecular weight excluding hydrogens is 403 g/mol. The first-order valence-corrected chi connectivity index (χ1v) is 9.31. The average Bonchev–Trinajstić information content (AvgIpc) is 2.93. The second-order valence-corrected chi connectivity index (χ2v) is 6.78. The predicted molar refractivity (Wildman–Crippen MR) is 110 cm³/mol. The molecule has 2 aromatic rings. The van der Waals surface area contributed by atoms with Gasteiger partial charge in [0, 0.05) is 6.54 Å². The molecule has 0 atom stereocenters. The molecule has 5 nitrogen and oxygen atoms in total. The van der Waals surface area contributed by atoms with Gasteiger partial charge in [-0.05, 0) is 60.6 Å². The van der Waals surface area contributed by atoms with Gasteiger partial charge in [-0.3, -0.25) is 9.69 Å². The Balaban J connectivity index is 1.85. The summed E-state index contributed by atoms with van der Waals surface area (Å²) in [6, 6.07) is 9.47. The van der Waals surface area contributed by atoms with Gasteiger partial charge in [0.2, 0.25) is 0 Å². The Morgan fingerprint density at radius 2 is 2.11 bits per heavy atom. The molecule has 1 heterocycles. The monoisotopic (exact) mass is 420 g/mol. The molecule has 2 aromatic carbocycles. The Morgan fingerprint density at radius 1 is 1.32 bits per heavy atom. The van der Waals surface area contributed by atoms with Gasteiger partial charge in [0.1, 0.15) is 18.1 Å². The van der Waals surface area contributed by atoms with E-state index in [2.05, 4.69) is 5.32 Å². The van der Waals surface area contributed by atoms with Crippen molar-refractivity contribution in [3.63, 3.8) is 0 Å². The summed E-state index contributed by atoms with van der Waals surface area (Å²) in [6.07, 6.45) is 1.65. The number of benzene rings is 2. The Labute approximate surface area is 172 Å². The quantitative estimate of drug-likeness (QED) is 0.562. The summed E-state index contributed by atoms with van der Waals surface area (Å²) in [4.78, 5) is 13.8. The molecular formula is C20H18ClFN2O3S. The fourth-order valence-electron chi connectivity index (χ4n) is 2.77. The molecule has 8 heteroatoms. The standard InChI is InChI=1S/C20H18ClFN2O3S/c1-3-24-19(25)16(23-20(24)28)9-13-8-15(21)18(17(10-13)26-2)27-11-12-5-4-6-14(22)7-12/h4-10H,3,11H2,1-2H3,(H,23,28). The normalized spacial score (nSPS) is 15.1. The van der Waals surface area contributed by atoms with E-state index in [1.807, 2.05) is 6.92 Å². The minimum Gasteiger partial charge on any atom is -0.493 e. The second-order valence-electron chi connectivity index (χ2n) is 5.99. The first-order valence-electron chi connectivity index (χ1n) is 8.52. The Hall–Kier alpha value is -2.64. The van der Waals surface area contributed by atoms with E-state index in [1.165, 1.54) is 24.1 Å². The van der Waals surface area contributed by atoms with E-state index < -0.39 is 0 Å². The molecule has 1 amide bonds. The number of carbonyl (C=O) groups is 1.